The van der Waals surface area contributed by atoms with Gasteiger partial charge in [-0.15, -0.1) is 5.11 Å². The molecule has 3 N–H and O–H groups in total. The highest BCUT2D eigenvalue weighted by atomic mass is 16.3. The van der Waals surface area contributed by atoms with Crippen LogP contribution in [0.15, 0.2) is 22.1 Å². The van der Waals surface area contributed by atoms with Crippen molar-refractivity contribution in [3.63, 3.8) is 0 Å². The Morgan fingerprint density at radius 3 is 2.71 bits per heavy atom. The first kappa shape index (κ1) is 4.26. The first-order valence-electron chi connectivity index (χ1n) is 1.85. The molecule has 4 heteroatoms. The molecule has 1 aliphatic heterocycles. The molecule has 0 aromatic carbocycles. The van der Waals surface area contributed by atoms with E-state index in [1.807, 2.05) is 0 Å². The van der Waals surface area contributed by atoms with E-state index in [9.17, 15) is 0 Å². The third-order valence-electron chi connectivity index (χ3n) is 0.611. The lowest BCUT2D eigenvalue weighted by molar-refractivity contribution is 0.231. The molecule has 0 aliphatic carbocycles. The fourth-order valence-electron chi connectivity index (χ4n) is 0.345. The van der Waals surface area contributed by atoms with Crippen LogP contribution in [0.25, 0.3) is 0 Å². The van der Waals surface area contributed by atoms with Crippen molar-refractivity contribution in [2.75, 3.05) is 0 Å². The second-order valence-electron chi connectivity index (χ2n) is 1.22. The third-order valence-corrected chi connectivity index (χ3v) is 0.611. The van der Waals surface area contributed by atoms with Gasteiger partial charge in [-0.25, -0.2) is 0 Å². The lowest BCUT2D eigenvalue weighted by atomic mass is 10.5. The summed E-state index contributed by atoms with van der Waals surface area (Å²) in [5, 5.41) is 15.1. The highest BCUT2D eigenvalue weighted by Gasteiger charge is 2.02. The van der Waals surface area contributed by atoms with E-state index in [0.29, 0.717) is 0 Å². The average Bonchev–Trinajstić information content (AvgIpc) is 1.87. The van der Waals surface area contributed by atoms with Gasteiger partial charge >= 0.3 is 0 Å². The zero-order valence-electron chi connectivity index (χ0n) is 3.57. The number of azo groups is 1. The van der Waals surface area contributed by atoms with Crippen molar-refractivity contribution < 1.29 is 5.11 Å². The van der Waals surface area contributed by atoms with Gasteiger partial charge in [0.15, 0.2) is 6.23 Å². The van der Waals surface area contributed by atoms with E-state index in [-0.39, 0.29) is 5.82 Å². The largest absolute Gasteiger partial charge is 0.382 e. The lowest BCUT2D eigenvalue weighted by Crippen LogP contribution is -1.93. The van der Waals surface area contributed by atoms with Crippen LogP contribution in [0.4, 0.5) is 0 Å². The zero-order chi connectivity index (χ0) is 5.28. The molecule has 0 aromatic heterocycles. The number of nitrogens with zero attached hydrogens (tertiary/aromatic N) is 2. The van der Waals surface area contributed by atoms with Gasteiger partial charge in [0, 0.05) is 6.08 Å². The Balaban J connectivity index is 2.69. The first-order valence-corrected chi connectivity index (χ1v) is 1.85. The number of aliphatic hydroxyl groups excluding tert-OH is 1. The molecule has 1 atom stereocenters. The van der Waals surface area contributed by atoms with Crippen molar-refractivity contribution in [1.29, 1.82) is 0 Å². The predicted octanol–water partition coefficient (Wildman–Crippen LogP) is -0.429. The minimum absolute atomic E-state index is 0.285. The van der Waals surface area contributed by atoms with Crippen LogP contribution in [0.1, 0.15) is 0 Å². The van der Waals surface area contributed by atoms with E-state index in [1.165, 1.54) is 6.08 Å². The Kier molecular flexibility index (Phi) is 0.796. The minimum Gasteiger partial charge on any atom is -0.382 e. The summed E-state index contributed by atoms with van der Waals surface area (Å²) in [7, 11) is 0. The highest BCUT2D eigenvalue weighted by Crippen LogP contribution is 2.02. The topological polar surface area (TPSA) is 71.0 Å². The molecule has 0 fully saturated rings. The Labute approximate surface area is 40.4 Å². The van der Waals surface area contributed by atoms with Gasteiger partial charge in [-0.1, -0.05) is 0 Å². The molecule has 1 aliphatic rings. The molecule has 0 amide bonds. The van der Waals surface area contributed by atoms with Crippen molar-refractivity contribution in [1.82, 2.24) is 0 Å². The van der Waals surface area contributed by atoms with Crippen LogP contribution in [0, 0.1) is 0 Å². The van der Waals surface area contributed by atoms with Crippen LogP contribution >= 0.6 is 0 Å². The van der Waals surface area contributed by atoms with Gasteiger partial charge in [-0.05, 0) is 0 Å². The summed E-state index contributed by atoms with van der Waals surface area (Å²) in [6, 6.07) is 0. The maximum absolute atomic E-state index is 8.48. The monoisotopic (exact) mass is 99.0 g/mol. The van der Waals surface area contributed by atoms with Gasteiger partial charge in [0.2, 0.25) is 0 Å². The summed E-state index contributed by atoms with van der Waals surface area (Å²) < 4.78 is 0. The summed E-state index contributed by atoms with van der Waals surface area (Å²) in [6.45, 7) is 0. The number of aliphatic hydroxyl groups is 1. The average molecular weight is 99.1 g/mol. The van der Waals surface area contributed by atoms with Gasteiger partial charge < -0.3 is 10.8 Å². The summed E-state index contributed by atoms with van der Waals surface area (Å²) in [4.78, 5) is 0. The fourth-order valence-corrected chi connectivity index (χ4v) is 0.345. The molecule has 4 nitrogen and oxygen atoms in total. The van der Waals surface area contributed by atoms with Crippen LogP contribution in [0.5, 0.6) is 0 Å². The molecule has 1 heterocycles. The number of hydrogen-bond acceptors (Lipinski definition) is 4. The van der Waals surface area contributed by atoms with E-state index in [0.717, 1.165) is 0 Å². The smallest absolute Gasteiger partial charge is 0.189 e. The summed E-state index contributed by atoms with van der Waals surface area (Å²) in [5.74, 6) is 0.285. The van der Waals surface area contributed by atoms with E-state index in [1.54, 1.807) is 0 Å². The highest BCUT2D eigenvalue weighted by molar-refractivity contribution is 5.01. The molecule has 0 saturated carbocycles. The molecule has 0 spiro atoms. The summed E-state index contributed by atoms with van der Waals surface area (Å²) in [5.41, 5.74) is 5.07. The Morgan fingerprint density at radius 2 is 2.57 bits per heavy atom. The van der Waals surface area contributed by atoms with E-state index in [4.69, 9.17) is 10.8 Å². The first-order chi connectivity index (χ1) is 3.29. The van der Waals surface area contributed by atoms with E-state index >= 15 is 0 Å². The zero-order valence-corrected chi connectivity index (χ0v) is 3.57. The van der Waals surface area contributed by atoms with Crippen LogP contribution in [0.2, 0.25) is 0 Å². The van der Waals surface area contributed by atoms with Gasteiger partial charge in [-0.3, -0.25) is 0 Å². The summed E-state index contributed by atoms with van der Waals surface area (Å²) in [6.07, 6.45) is 0.556. The van der Waals surface area contributed by atoms with Crippen LogP contribution in [-0.2, 0) is 0 Å². The molecule has 1 rings (SSSR count). The molecular formula is C3H5N3O. The van der Waals surface area contributed by atoms with Gasteiger partial charge in [0.05, 0.1) is 0 Å². The number of nitrogens with two attached hydrogens (primary N) is 1. The minimum atomic E-state index is -0.806. The van der Waals surface area contributed by atoms with Crippen molar-refractivity contribution in [2.45, 2.75) is 6.23 Å². The second-order valence-corrected chi connectivity index (χ2v) is 1.22. The van der Waals surface area contributed by atoms with E-state index in [2.05, 4.69) is 10.2 Å². The van der Waals surface area contributed by atoms with Crippen LogP contribution in [-0.4, -0.2) is 11.3 Å². The van der Waals surface area contributed by atoms with Crippen molar-refractivity contribution in [2.24, 2.45) is 16.0 Å². The molecule has 38 valence electrons. The molecule has 7 heavy (non-hydrogen) atoms. The number of rotatable bonds is 0. The maximum atomic E-state index is 8.48. The van der Waals surface area contributed by atoms with Gasteiger partial charge in [0.25, 0.3) is 0 Å². The SMILES string of the molecule is NC1=CC(O)N=N1. The predicted molar refractivity (Wildman–Crippen MR) is 23.1 cm³/mol. The van der Waals surface area contributed by atoms with Crippen molar-refractivity contribution in [3.8, 4) is 0 Å². The fraction of sp³-hybridized carbons (Fsp3) is 0.333. The number of hydrogen-bond donors (Lipinski definition) is 2. The van der Waals surface area contributed by atoms with E-state index < -0.39 is 6.23 Å². The van der Waals surface area contributed by atoms with Gasteiger partial charge in [0.1, 0.15) is 5.82 Å². The van der Waals surface area contributed by atoms with Crippen molar-refractivity contribution in [3.05, 3.63) is 11.9 Å². The molecular weight excluding hydrogens is 94.1 g/mol. The normalized spacial score (nSPS) is 28.1. The molecule has 0 saturated heterocycles. The molecule has 0 bridgehead atoms. The summed E-state index contributed by atoms with van der Waals surface area (Å²) >= 11 is 0. The Hall–Kier alpha value is -0.900. The molecule has 0 radical (unpaired) electrons. The quantitative estimate of drug-likeness (QED) is 0.432. The standard InChI is InChI=1S/C3H5N3O/c4-2-1-3(7)6-5-2/h1,3,7H,4H2. The van der Waals surface area contributed by atoms with Crippen LogP contribution in [0.3, 0.4) is 0 Å². The van der Waals surface area contributed by atoms with Gasteiger partial charge in [-0.2, -0.15) is 5.11 Å². The Morgan fingerprint density at radius 1 is 1.86 bits per heavy atom. The lowest BCUT2D eigenvalue weighted by Gasteiger charge is -1.81. The third kappa shape index (κ3) is 0.747. The Bertz CT molecular complexity index is 128. The van der Waals surface area contributed by atoms with Crippen molar-refractivity contribution >= 4 is 0 Å². The molecule has 1 unspecified atom stereocenters. The van der Waals surface area contributed by atoms with Crippen LogP contribution < -0.4 is 5.73 Å². The molecule has 0 aromatic rings. The second kappa shape index (κ2) is 1.31. The maximum Gasteiger partial charge on any atom is 0.189 e.